The molecule has 0 aromatic heterocycles. The van der Waals surface area contributed by atoms with Crippen LogP contribution in [0.5, 0.6) is 5.75 Å². The second-order valence-corrected chi connectivity index (χ2v) is 8.60. The van der Waals surface area contributed by atoms with Gasteiger partial charge in [-0.2, -0.15) is 15.5 Å². The number of piperidine rings is 1. The predicted molar refractivity (Wildman–Crippen MR) is 104 cm³/mol. The van der Waals surface area contributed by atoms with Gasteiger partial charge in [-0.15, -0.1) is 13.2 Å². The second kappa shape index (κ2) is 8.97. The highest BCUT2D eigenvalue weighted by Crippen LogP contribution is 2.30. The van der Waals surface area contributed by atoms with Gasteiger partial charge in [-0.3, -0.25) is 0 Å². The molecule has 1 aliphatic heterocycles. The van der Waals surface area contributed by atoms with Crippen LogP contribution in [0.2, 0.25) is 0 Å². The normalized spacial score (nSPS) is 15.3. The van der Waals surface area contributed by atoms with Crippen molar-refractivity contribution in [2.75, 3.05) is 13.1 Å². The molecule has 2 aromatic carbocycles. The molecule has 0 radical (unpaired) electrons. The van der Waals surface area contributed by atoms with E-state index in [-0.39, 0.29) is 18.0 Å². The smallest absolute Gasteiger partial charge is 0.411 e. The Morgan fingerprint density at radius 3 is 2.10 bits per heavy atom. The monoisotopic (exact) mass is 453 g/mol. The van der Waals surface area contributed by atoms with Crippen molar-refractivity contribution in [2.24, 2.45) is 5.90 Å². The molecule has 0 spiro atoms. The van der Waals surface area contributed by atoms with E-state index in [4.69, 9.17) is 16.0 Å². The van der Waals surface area contributed by atoms with Gasteiger partial charge >= 0.3 is 6.36 Å². The van der Waals surface area contributed by atoms with E-state index >= 15 is 0 Å². The number of sulfonamides is 1. The third-order valence-electron chi connectivity index (χ3n) is 4.74. The predicted octanol–water partition coefficient (Wildman–Crippen LogP) is 3.54. The number of nitrogens with zero attached hydrogens (tertiary/aromatic N) is 2. The van der Waals surface area contributed by atoms with Gasteiger partial charge in [0.15, 0.2) is 5.76 Å². The third-order valence-corrected chi connectivity index (χ3v) is 6.65. The van der Waals surface area contributed by atoms with Crippen LogP contribution >= 0.6 is 0 Å². The SMILES string of the molecule is N#Cc1ccc(C(ON)=C2CCN(S(=O)(=O)c3ccc(OC(F)(F)F)cc3)CC2)cc1. The lowest BCUT2D eigenvalue weighted by atomic mass is 9.99. The Labute approximate surface area is 177 Å². The Balaban J connectivity index is 1.74. The van der Waals surface area contributed by atoms with E-state index < -0.39 is 22.1 Å². The zero-order chi connectivity index (χ0) is 22.6. The molecule has 2 N–H and O–H groups in total. The highest BCUT2D eigenvalue weighted by Gasteiger charge is 2.32. The number of hydrogen-bond donors (Lipinski definition) is 1. The molecule has 0 aliphatic carbocycles. The molecular weight excluding hydrogens is 435 g/mol. The van der Waals surface area contributed by atoms with Crippen molar-refractivity contribution in [1.82, 2.24) is 4.31 Å². The van der Waals surface area contributed by atoms with Crippen molar-refractivity contribution in [3.8, 4) is 11.8 Å². The number of ether oxygens (including phenoxy) is 1. The van der Waals surface area contributed by atoms with Gasteiger partial charge < -0.3 is 9.57 Å². The summed E-state index contributed by atoms with van der Waals surface area (Å²) in [5.41, 5.74) is 1.98. The molecular formula is C20H18F3N3O4S. The molecule has 1 aliphatic rings. The van der Waals surface area contributed by atoms with E-state index in [0.29, 0.717) is 29.7 Å². The van der Waals surface area contributed by atoms with Crippen LogP contribution in [0.4, 0.5) is 13.2 Å². The number of alkyl halides is 3. The van der Waals surface area contributed by atoms with Crippen LogP contribution in [0, 0.1) is 11.3 Å². The van der Waals surface area contributed by atoms with Crippen molar-refractivity contribution < 1.29 is 31.2 Å². The molecule has 0 saturated carbocycles. The topological polar surface area (TPSA) is 106 Å². The van der Waals surface area contributed by atoms with Crippen molar-refractivity contribution in [3.05, 3.63) is 65.2 Å². The molecule has 31 heavy (non-hydrogen) atoms. The van der Waals surface area contributed by atoms with E-state index in [0.717, 1.165) is 29.8 Å². The molecule has 11 heteroatoms. The number of rotatable bonds is 5. The molecule has 2 aromatic rings. The first-order chi connectivity index (χ1) is 14.6. The lowest BCUT2D eigenvalue weighted by Gasteiger charge is -2.28. The summed E-state index contributed by atoms with van der Waals surface area (Å²) in [5.74, 6) is 5.36. The lowest BCUT2D eigenvalue weighted by molar-refractivity contribution is -0.274. The van der Waals surface area contributed by atoms with Crippen LogP contribution in [0.15, 0.2) is 59.0 Å². The van der Waals surface area contributed by atoms with E-state index in [1.54, 1.807) is 24.3 Å². The standard InChI is InChI=1S/C20H18F3N3O4S/c21-20(22,23)29-17-5-7-18(8-6-17)31(27,28)26-11-9-16(10-12-26)19(30-25)15-3-1-14(13-24)2-4-15/h1-8H,9-12,25H2. The van der Waals surface area contributed by atoms with Crippen LogP contribution in [0.25, 0.3) is 5.76 Å². The van der Waals surface area contributed by atoms with E-state index in [9.17, 15) is 21.6 Å². The molecule has 164 valence electrons. The first-order valence-electron chi connectivity index (χ1n) is 9.09. The van der Waals surface area contributed by atoms with Crippen LogP contribution in [0.1, 0.15) is 24.0 Å². The number of benzene rings is 2. The Morgan fingerprint density at radius 1 is 1.03 bits per heavy atom. The van der Waals surface area contributed by atoms with Gasteiger partial charge in [-0.05, 0) is 66.9 Å². The van der Waals surface area contributed by atoms with Gasteiger partial charge in [0.2, 0.25) is 10.0 Å². The highest BCUT2D eigenvalue weighted by molar-refractivity contribution is 7.89. The van der Waals surface area contributed by atoms with E-state index in [2.05, 4.69) is 4.74 Å². The molecule has 7 nitrogen and oxygen atoms in total. The average molecular weight is 453 g/mol. The van der Waals surface area contributed by atoms with Gasteiger partial charge in [0.1, 0.15) is 5.75 Å². The zero-order valence-corrected chi connectivity index (χ0v) is 16.9. The Morgan fingerprint density at radius 2 is 1.61 bits per heavy atom. The highest BCUT2D eigenvalue weighted by atomic mass is 32.2. The molecule has 0 atom stereocenters. The van der Waals surface area contributed by atoms with E-state index in [1.165, 1.54) is 4.31 Å². The summed E-state index contributed by atoms with van der Waals surface area (Å²) in [6.45, 7) is 0.309. The fourth-order valence-corrected chi connectivity index (χ4v) is 4.68. The van der Waals surface area contributed by atoms with Crippen molar-refractivity contribution in [3.63, 3.8) is 0 Å². The molecule has 0 bridgehead atoms. The van der Waals surface area contributed by atoms with Crippen molar-refractivity contribution in [2.45, 2.75) is 24.1 Å². The molecule has 1 fully saturated rings. The van der Waals surface area contributed by atoms with Crippen molar-refractivity contribution in [1.29, 1.82) is 5.26 Å². The third kappa shape index (κ3) is 5.35. The van der Waals surface area contributed by atoms with Gasteiger partial charge in [0.25, 0.3) is 0 Å². The van der Waals surface area contributed by atoms with Crippen molar-refractivity contribution >= 4 is 15.8 Å². The minimum absolute atomic E-state index is 0.128. The maximum Gasteiger partial charge on any atom is 0.573 e. The summed E-state index contributed by atoms with van der Waals surface area (Å²) < 4.78 is 67.5. The number of nitriles is 1. The van der Waals surface area contributed by atoms with Gasteiger partial charge in [-0.25, -0.2) is 8.42 Å². The number of hydrogen-bond acceptors (Lipinski definition) is 6. The minimum Gasteiger partial charge on any atom is -0.411 e. The summed E-state index contributed by atoms with van der Waals surface area (Å²) in [4.78, 5) is 4.90. The van der Waals surface area contributed by atoms with Crippen LogP contribution in [-0.2, 0) is 14.9 Å². The van der Waals surface area contributed by atoms with Gasteiger partial charge in [0, 0.05) is 18.7 Å². The molecule has 1 saturated heterocycles. The summed E-state index contributed by atoms with van der Waals surface area (Å²) in [6.07, 6.45) is -4.13. The summed E-state index contributed by atoms with van der Waals surface area (Å²) in [5, 5.41) is 8.90. The molecule has 0 unspecified atom stereocenters. The number of halogens is 3. The van der Waals surface area contributed by atoms with Crippen LogP contribution in [0.3, 0.4) is 0 Å². The number of nitrogens with two attached hydrogens (primary N) is 1. The molecule has 1 heterocycles. The summed E-state index contributed by atoms with van der Waals surface area (Å²) in [6, 6.07) is 12.7. The summed E-state index contributed by atoms with van der Waals surface area (Å²) >= 11 is 0. The second-order valence-electron chi connectivity index (χ2n) is 6.66. The van der Waals surface area contributed by atoms with E-state index in [1.807, 2.05) is 6.07 Å². The maximum absolute atomic E-state index is 12.8. The van der Waals surface area contributed by atoms with Crippen LogP contribution in [-0.4, -0.2) is 32.2 Å². The Kier molecular flexibility index (Phi) is 6.54. The zero-order valence-electron chi connectivity index (χ0n) is 16.1. The largest absolute Gasteiger partial charge is 0.573 e. The Bertz CT molecular complexity index is 1100. The fraction of sp³-hybridized carbons (Fsp3) is 0.250. The molecule has 3 rings (SSSR count). The fourth-order valence-electron chi connectivity index (χ4n) is 3.24. The quantitative estimate of drug-likeness (QED) is 0.548. The minimum atomic E-state index is -4.85. The first kappa shape index (κ1) is 22.6. The maximum atomic E-state index is 12.8. The first-order valence-corrected chi connectivity index (χ1v) is 10.5. The molecule has 0 amide bonds. The lowest BCUT2D eigenvalue weighted by Crippen LogP contribution is -2.36. The Hall–Kier alpha value is -3.07. The average Bonchev–Trinajstić information content (AvgIpc) is 2.74. The summed E-state index contributed by atoms with van der Waals surface area (Å²) in [7, 11) is -3.89. The van der Waals surface area contributed by atoms with Gasteiger partial charge in [0.05, 0.1) is 16.5 Å². The van der Waals surface area contributed by atoms with Crippen LogP contribution < -0.4 is 10.6 Å². The van der Waals surface area contributed by atoms with Gasteiger partial charge in [-0.1, -0.05) is 0 Å².